The minimum Gasteiger partial charge on any atom is -0.458 e. The van der Waals surface area contributed by atoms with E-state index in [1.54, 1.807) is 69.5 Å². The lowest BCUT2D eigenvalue weighted by Crippen LogP contribution is -2.62. The van der Waals surface area contributed by atoms with Gasteiger partial charge >= 0.3 is 12.1 Å². The molecule has 2 aromatic rings. The number of epoxide rings is 1. The summed E-state index contributed by atoms with van der Waals surface area (Å²) in [5.74, 6) is -2.96. The topological polar surface area (TPSA) is 195 Å². The fraction of sp³-hybridized carbons (Fsp3) is 0.487. The number of fused-ring (bicyclic) bond motifs is 5. The zero-order chi connectivity index (χ0) is 39.5. The standard InChI is InChI=1S/C39H47ClN2O11S/c1-21-7-6-8-28(19-45)39(50)16-30(51-37(49)41-39)22(2)36-38(4,53-36)32(15-33(47)42(5)29-13-24(11-21)12-27(18-44)35(29)40)52-34(48)20-54-31-10-9-25(23(3)46)14-26(31)17-43/h6-10,12-14,22,28,30,32,36,43-45,50H,11,15-20H2,1-5H3,(H,41,49)/b8-6+,21-7+/t22-,28+,30+,32+,36+,38+,39+/m1/s1. The number of nitrogens with zero attached hydrogens (tertiary/aromatic N) is 1. The van der Waals surface area contributed by atoms with Crippen molar-refractivity contribution in [3.8, 4) is 0 Å². The third-order valence-corrected chi connectivity index (χ3v) is 11.9. The number of ether oxygens (including phenoxy) is 3. The van der Waals surface area contributed by atoms with E-state index in [-0.39, 0.29) is 42.6 Å². The molecule has 3 heterocycles. The van der Waals surface area contributed by atoms with Crippen molar-refractivity contribution in [2.24, 2.45) is 11.8 Å². The normalized spacial score (nSPS) is 30.3. The molecule has 3 aliphatic rings. The van der Waals surface area contributed by atoms with Crippen LogP contribution in [-0.2, 0) is 43.4 Å². The maximum Gasteiger partial charge on any atom is 0.409 e. The van der Waals surface area contributed by atoms with Gasteiger partial charge in [0.15, 0.2) is 11.5 Å². The number of nitrogens with one attached hydrogen (secondary N) is 1. The molecule has 292 valence electrons. The molecule has 7 atom stereocenters. The van der Waals surface area contributed by atoms with Crippen molar-refractivity contribution < 1.29 is 53.8 Å². The quantitative estimate of drug-likeness (QED) is 0.111. The Balaban J connectivity index is 1.50. The molecule has 0 unspecified atom stereocenters. The van der Waals surface area contributed by atoms with Crippen LogP contribution in [0.5, 0.6) is 0 Å². The SMILES string of the molecule is CC(=O)c1ccc(SCC(=O)O[C@H]2CC(=O)N(C)c3cc(cc(CO)c3Cl)C/C(C)=C/C=C/[C@@H](CO)[C@@]3(O)C[C@H](OC(=O)N3)[C@@H](C)[C@@H]3O[C@@]23C)c(CO)c1. The number of aliphatic hydroxyl groups excluding tert-OH is 3. The second kappa shape index (κ2) is 16.9. The Morgan fingerprint density at radius 3 is 2.52 bits per heavy atom. The van der Waals surface area contributed by atoms with Gasteiger partial charge in [-0.25, -0.2) is 4.79 Å². The summed E-state index contributed by atoms with van der Waals surface area (Å²) >= 11 is 7.81. The van der Waals surface area contributed by atoms with E-state index in [4.69, 9.17) is 25.8 Å². The van der Waals surface area contributed by atoms with Gasteiger partial charge < -0.3 is 39.5 Å². The fourth-order valence-corrected chi connectivity index (χ4v) is 8.20. The highest BCUT2D eigenvalue weighted by molar-refractivity contribution is 8.00. The molecule has 2 saturated heterocycles. The number of carbonyl (C=O) groups excluding carboxylic acids is 4. The van der Waals surface area contributed by atoms with Gasteiger partial charge in [-0.2, -0.15) is 0 Å². The van der Waals surface area contributed by atoms with Crippen LogP contribution in [0.15, 0.2) is 59.0 Å². The van der Waals surface area contributed by atoms with E-state index in [2.05, 4.69) is 5.32 Å². The minimum absolute atomic E-state index is 0.0965. The number of halogens is 1. The number of thioether (sulfide) groups is 1. The number of Topliss-reactive ketones (excluding diaryl/α,β-unsaturated/α-hetero) is 1. The molecule has 0 saturated carbocycles. The third kappa shape index (κ3) is 9.02. The number of ketones is 1. The third-order valence-electron chi connectivity index (χ3n) is 10.4. The number of allylic oxidation sites excluding steroid dienone is 3. The maximum atomic E-state index is 14.1. The van der Waals surface area contributed by atoms with Crippen molar-refractivity contribution in [2.45, 2.75) is 94.7 Å². The van der Waals surface area contributed by atoms with Crippen molar-refractivity contribution in [1.82, 2.24) is 5.32 Å². The molecule has 0 aromatic heterocycles. The molecule has 0 aliphatic carbocycles. The molecule has 13 nitrogen and oxygen atoms in total. The number of rotatable bonds is 8. The maximum absolute atomic E-state index is 14.1. The van der Waals surface area contributed by atoms with E-state index in [1.165, 1.54) is 11.8 Å². The smallest absolute Gasteiger partial charge is 0.409 e. The number of carbonyl (C=O) groups is 4. The second-order valence-corrected chi connectivity index (χ2v) is 15.7. The van der Waals surface area contributed by atoms with Gasteiger partial charge in [-0.1, -0.05) is 54.5 Å². The van der Waals surface area contributed by atoms with Crippen LogP contribution < -0.4 is 10.2 Å². The van der Waals surface area contributed by atoms with Crippen molar-refractivity contribution in [3.63, 3.8) is 0 Å². The van der Waals surface area contributed by atoms with Crippen LogP contribution >= 0.6 is 23.4 Å². The lowest BCUT2D eigenvalue weighted by molar-refractivity contribution is -0.150. The van der Waals surface area contributed by atoms with Crippen LogP contribution in [0.2, 0.25) is 5.02 Å². The van der Waals surface area contributed by atoms with Crippen molar-refractivity contribution >= 4 is 52.8 Å². The molecule has 15 heteroatoms. The Morgan fingerprint density at radius 2 is 1.85 bits per heavy atom. The summed E-state index contributed by atoms with van der Waals surface area (Å²) in [4.78, 5) is 54.2. The lowest BCUT2D eigenvalue weighted by atomic mass is 9.81. The Morgan fingerprint density at radius 1 is 1.13 bits per heavy atom. The average molecular weight is 787 g/mol. The molecule has 0 radical (unpaired) electrons. The van der Waals surface area contributed by atoms with E-state index in [0.717, 1.165) is 22.9 Å². The van der Waals surface area contributed by atoms with E-state index < -0.39 is 66.1 Å². The molecule has 5 N–H and O–H groups in total. The Kier molecular flexibility index (Phi) is 13.0. The number of esters is 1. The van der Waals surface area contributed by atoms with Gasteiger partial charge in [-0.15, -0.1) is 11.8 Å². The first-order valence-corrected chi connectivity index (χ1v) is 19.0. The van der Waals surface area contributed by atoms with Gasteiger partial charge in [0.2, 0.25) is 5.91 Å². The summed E-state index contributed by atoms with van der Waals surface area (Å²) in [7, 11) is 1.54. The highest BCUT2D eigenvalue weighted by atomic mass is 35.5. The van der Waals surface area contributed by atoms with Crippen molar-refractivity contribution in [3.05, 3.63) is 81.4 Å². The van der Waals surface area contributed by atoms with Crippen LogP contribution in [-0.4, -0.2) is 93.2 Å². The molecule has 0 spiro atoms. The molecule has 54 heavy (non-hydrogen) atoms. The number of alkyl carbamates (subject to hydrolysis) is 1. The van der Waals surface area contributed by atoms with Gasteiger partial charge in [0.05, 0.1) is 48.8 Å². The first-order valence-electron chi connectivity index (χ1n) is 17.6. The summed E-state index contributed by atoms with van der Waals surface area (Å²) in [5, 5.41) is 44.7. The molecule has 4 bridgehead atoms. The summed E-state index contributed by atoms with van der Waals surface area (Å²) in [5.41, 5.74) is 0.174. The molecule has 2 fully saturated rings. The zero-order valence-electron chi connectivity index (χ0n) is 30.8. The van der Waals surface area contributed by atoms with E-state index in [1.807, 2.05) is 6.92 Å². The van der Waals surface area contributed by atoms with E-state index in [9.17, 15) is 39.6 Å². The Labute approximate surface area is 323 Å². The monoisotopic (exact) mass is 786 g/mol. The van der Waals surface area contributed by atoms with Crippen molar-refractivity contribution in [1.29, 1.82) is 0 Å². The molecular weight excluding hydrogens is 740 g/mol. The van der Waals surface area contributed by atoms with Gasteiger partial charge in [-0.05, 0) is 62.1 Å². The summed E-state index contributed by atoms with van der Waals surface area (Å²) < 4.78 is 17.9. The predicted molar refractivity (Wildman–Crippen MR) is 201 cm³/mol. The van der Waals surface area contributed by atoms with Crippen LogP contribution in [0.4, 0.5) is 10.5 Å². The van der Waals surface area contributed by atoms with Gasteiger partial charge in [0.1, 0.15) is 17.8 Å². The van der Waals surface area contributed by atoms with Crippen LogP contribution in [0.25, 0.3) is 0 Å². The van der Waals surface area contributed by atoms with Crippen LogP contribution in [0.3, 0.4) is 0 Å². The molecule has 2 amide bonds. The predicted octanol–water partition coefficient (Wildman–Crippen LogP) is 4.23. The average Bonchev–Trinajstić information content (AvgIpc) is 3.83. The first kappa shape index (κ1) is 41.4. The Bertz CT molecular complexity index is 1850. The highest BCUT2D eigenvalue weighted by Gasteiger charge is 2.64. The number of hydrogen-bond acceptors (Lipinski definition) is 12. The Hall–Kier alpha value is -3.76. The number of hydrogen-bond donors (Lipinski definition) is 5. The van der Waals surface area contributed by atoms with Gasteiger partial charge in [0.25, 0.3) is 0 Å². The minimum atomic E-state index is -1.87. The van der Waals surface area contributed by atoms with Crippen LogP contribution in [0, 0.1) is 11.8 Å². The number of amides is 2. The van der Waals surface area contributed by atoms with Gasteiger partial charge in [-0.3, -0.25) is 19.7 Å². The van der Waals surface area contributed by atoms with E-state index >= 15 is 0 Å². The van der Waals surface area contributed by atoms with Crippen LogP contribution in [0.1, 0.15) is 67.6 Å². The fourth-order valence-electron chi connectivity index (χ4n) is 7.09. The summed E-state index contributed by atoms with van der Waals surface area (Å²) in [6.45, 7) is 5.54. The number of benzene rings is 2. The highest BCUT2D eigenvalue weighted by Crippen LogP contribution is 2.49. The molecule has 5 rings (SSSR count). The molecule has 2 aromatic carbocycles. The largest absolute Gasteiger partial charge is 0.458 e. The van der Waals surface area contributed by atoms with Crippen molar-refractivity contribution in [2.75, 3.05) is 24.3 Å². The summed E-state index contributed by atoms with van der Waals surface area (Å²) in [6.07, 6.45) is 1.49. The molecule has 3 aliphatic heterocycles. The number of anilines is 1. The zero-order valence-corrected chi connectivity index (χ0v) is 32.4. The van der Waals surface area contributed by atoms with Gasteiger partial charge in [0, 0.05) is 35.8 Å². The van der Waals surface area contributed by atoms with E-state index in [0.29, 0.717) is 33.7 Å². The lowest BCUT2D eigenvalue weighted by Gasteiger charge is -2.42. The number of aliphatic hydroxyl groups is 4. The molecular formula is C39H47ClN2O11S. The second-order valence-electron chi connectivity index (χ2n) is 14.3. The first-order chi connectivity index (χ1) is 25.5. The summed E-state index contributed by atoms with van der Waals surface area (Å²) in [6, 6.07) is 8.31.